The SMILES string of the molecule is CN(CCCl)S(=O)(=O)c1cc(Cl)c(Cl)cc1C(F)(F)F. The Morgan fingerprint density at radius 1 is 1.20 bits per heavy atom. The molecule has 0 unspecified atom stereocenters. The third kappa shape index (κ3) is 3.71. The van der Waals surface area contributed by atoms with Gasteiger partial charge in [0, 0.05) is 19.5 Å². The van der Waals surface area contributed by atoms with E-state index in [1.165, 1.54) is 0 Å². The summed E-state index contributed by atoms with van der Waals surface area (Å²) in [7, 11) is -3.24. The number of benzene rings is 1. The van der Waals surface area contributed by atoms with Crippen LogP contribution < -0.4 is 0 Å². The maximum Gasteiger partial charge on any atom is 0.417 e. The first-order valence-electron chi connectivity index (χ1n) is 5.10. The molecule has 0 heterocycles. The van der Waals surface area contributed by atoms with Crippen molar-refractivity contribution in [2.24, 2.45) is 0 Å². The Labute approximate surface area is 129 Å². The van der Waals surface area contributed by atoms with E-state index in [1.807, 2.05) is 0 Å². The zero-order valence-corrected chi connectivity index (χ0v) is 13.1. The van der Waals surface area contributed by atoms with E-state index in [0.29, 0.717) is 12.1 Å². The van der Waals surface area contributed by atoms with Crippen molar-refractivity contribution < 1.29 is 21.6 Å². The van der Waals surface area contributed by atoms with Crippen LogP contribution >= 0.6 is 34.8 Å². The van der Waals surface area contributed by atoms with Gasteiger partial charge in [0.15, 0.2) is 0 Å². The quantitative estimate of drug-likeness (QED) is 0.755. The summed E-state index contributed by atoms with van der Waals surface area (Å²) in [5.41, 5.74) is -1.37. The van der Waals surface area contributed by atoms with Crippen molar-refractivity contribution in [3.8, 4) is 0 Å². The summed E-state index contributed by atoms with van der Waals surface area (Å²) in [5, 5.41) is -0.657. The molecule has 10 heteroatoms. The lowest BCUT2D eigenvalue weighted by Crippen LogP contribution is -2.30. The fourth-order valence-corrected chi connectivity index (χ4v) is 3.50. The van der Waals surface area contributed by atoms with Gasteiger partial charge < -0.3 is 0 Å². The van der Waals surface area contributed by atoms with Crippen LogP contribution in [0.15, 0.2) is 17.0 Å². The van der Waals surface area contributed by atoms with Crippen molar-refractivity contribution in [3.63, 3.8) is 0 Å². The van der Waals surface area contributed by atoms with Gasteiger partial charge in [0.05, 0.1) is 20.5 Å². The van der Waals surface area contributed by atoms with Gasteiger partial charge in [0.25, 0.3) is 0 Å². The van der Waals surface area contributed by atoms with Gasteiger partial charge in [-0.25, -0.2) is 8.42 Å². The minimum atomic E-state index is -4.88. The molecule has 3 nitrogen and oxygen atoms in total. The average molecular weight is 371 g/mol. The molecule has 114 valence electrons. The third-order valence-electron chi connectivity index (χ3n) is 2.42. The number of hydrogen-bond donors (Lipinski definition) is 0. The standard InChI is InChI=1S/C10H9Cl3F3NO2S/c1-17(3-2-11)20(18,19)9-5-8(13)7(12)4-6(9)10(14,15)16/h4-5H,2-3H2,1H3. The van der Waals surface area contributed by atoms with Crippen LogP contribution in [0.1, 0.15) is 5.56 Å². The summed E-state index contributed by atoms with van der Waals surface area (Å²) >= 11 is 16.5. The van der Waals surface area contributed by atoms with E-state index in [1.54, 1.807) is 0 Å². The highest BCUT2D eigenvalue weighted by Crippen LogP contribution is 2.39. The van der Waals surface area contributed by atoms with Crippen molar-refractivity contribution in [2.75, 3.05) is 19.5 Å². The maximum absolute atomic E-state index is 12.9. The Morgan fingerprint density at radius 3 is 2.15 bits per heavy atom. The number of sulfonamides is 1. The molecule has 0 bridgehead atoms. The highest BCUT2D eigenvalue weighted by Gasteiger charge is 2.39. The van der Waals surface area contributed by atoms with E-state index in [0.717, 1.165) is 11.4 Å². The van der Waals surface area contributed by atoms with Gasteiger partial charge in [-0.05, 0) is 12.1 Å². The topological polar surface area (TPSA) is 37.4 Å². The largest absolute Gasteiger partial charge is 0.417 e. The molecule has 1 aromatic carbocycles. The van der Waals surface area contributed by atoms with E-state index in [-0.39, 0.29) is 22.5 Å². The Morgan fingerprint density at radius 2 is 1.70 bits per heavy atom. The number of rotatable bonds is 4. The summed E-state index contributed by atoms with van der Waals surface area (Å²) in [6.45, 7) is -0.137. The highest BCUT2D eigenvalue weighted by atomic mass is 35.5. The minimum Gasteiger partial charge on any atom is -0.207 e. The van der Waals surface area contributed by atoms with Crippen LogP contribution in [0.3, 0.4) is 0 Å². The molecule has 0 atom stereocenters. The molecule has 0 aliphatic carbocycles. The molecule has 1 aromatic rings. The molecule has 0 aliphatic heterocycles. The van der Waals surface area contributed by atoms with Gasteiger partial charge in [0.1, 0.15) is 0 Å². The molecule has 0 aliphatic rings. The maximum atomic E-state index is 12.9. The fourth-order valence-electron chi connectivity index (χ4n) is 1.37. The molecular weight excluding hydrogens is 362 g/mol. The number of hydrogen-bond acceptors (Lipinski definition) is 2. The van der Waals surface area contributed by atoms with Gasteiger partial charge in [-0.15, -0.1) is 11.6 Å². The van der Waals surface area contributed by atoms with Gasteiger partial charge >= 0.3 is 6.18 Å². The zero-order valence-electron chi connectivity index (χ0n) is 10.0. The minimum absolute atomic E-state index is 0.0571. The molecule has 0 radical (unpaired) electrons. The zero-order chi connectivity index (χ0) is 15.7. The van der Waals surface area contributed by atoms with Gasteiger partial charge in [0.2, 0.25) is 10.0 Å². The Hall–Kier alpha value is -0.210. The van der Waals surface area contributed by atoms with Gasteiger partial charge in [-0.1, -0.05) is 23.2 Å². The second kappa shape index (κ2) is 6.27. The first-order valence-corrected chi connectivity index (χ1v) is 7.83. The van der Waals surface area contributed by atoms with E-state index < -0.39 is 26.7 Å². The Balaban J connectivity index is 3.55. The van der Waals surface area contributed by atoms with Gasteiger partial charge in [-0.2, -0.15) is 17.5 Å². The Bertz CT molecular complexity index is 605. The lowest BCUT2D eigenvalue weighted by molar-refractivity contribution is -0.139. The monoisotopic (exact) mass is 369 g/mol. The van der Waals surface area contributed by atoms with Crippen LogP contribution in [0.25, 0.3) is 0 Å². The van der Waals surface area contributed by atoms with E-state index in [9.17, 15) is 21.6 Å². The summed E-state index contributed by atoms with van der Waals surface area (Å²) in [4.78, 5) is -0.952. The summed E-state index contributed by atoms with van der Waals surface area (Å²) < 4.78 is 63.7. The average Bonchev–Trinajstić information content (AvgIpc) is 2.30. The van der Waals surface area contributed by atoms with E-state index >= 15 is 0 Å². The highest BCUT2D eigenvalue weighted by molar-refractivity contribution is 7.89. The second-order valence-corrected chi connectivity index (χ2v) is 6.98. The number of nitrogens with zero attached hydrogens (tertiary/aromatic N) is 1. The van der Waals surface area contributed by atoms with Crippen LogP contribution in [0.4, 0.5) is 13.2 Å². The predicted molar refractivity (Wildman–Crippen MR) is 72.0 cm³/mol. The van der Waals surface area contributed by atoms with Crippen LogP contribution in [-0.4, -0.2) is 32.2 Å². The normalized spacial score (nSPS) is 13.0. The number of alkyl halides is 4. The molecule has 0 N–H and O–H groups in total. The van der Waals surface area contributed by atoms with Crippen LogP contribution in [0.2, 0.25) is 10.0 Å². The first kappa shape index (κ1) is 17.8. The van der Waals surface area contributed by atoms with E-state index in [2.05, 4.69) is 0 Å². The number of halogens is 6. The molecular formula is C10H9Cl3F3NO2S. The first-order chi connectivity index (χ1) is 9.01. The second-order valence-electron chi connectivity index (χ2n) is 3.78. The summed E-state index contributed by atoms with van der Waals surface area (Å²) in [6, 6.07) is 1.18. The third-order valence-corrected chi connectivity index (χ3v) is 5.20. The molecule has 0 amide bonds. The summed E-state index contributed by atoms with van der Waals surface area (Å²) in [6.07, 6.45) is -4.88. The molecule has 0 saturated heterocycles. The lowest BCUT2D eigenvalue weighted by Gasteiger charge is -2.20. The lowest BCUT2D eigenvalue weighted by atomic mass is 10.2. The van der Waals surface area contributed by atoms with Crippen LogP contribution in [0.5, 0.6) is 0 Å². The molecule has 1 rings (SSSR count). The van der Waals surface area contributed by atoms with Crippen molar-refractivity contribution in [3.05, 3.63) is 27.7 Å². The van der Waals surface area contributed by atoms with Crippen molar-refractivity contribution in [1.82, 2.24) is 4.31 Å². The Kier molecular flexibility index (Phi) is 5.60. The van der Waals surface area contributed by atoms with Crippen molar-refractivity contribution in [2.45, 2.75) is 11.1 Å². The molecule has 0 spiro atoms. The summed E-state index contributed by atoms with van der Waals surface area (Å²) in [5.74, 6) is -0.0571. The van der Waals surface area contributed by atoms with Crippen molar-refractivity contribution in [1.29, 1.82) is 0 Å². The van der Waals surface area contributed by atoms with Crippen molar-refractivity contribution >= 4 is 44.8 Å². The van der Waals surface area contributed by atoms with Gasteiger partial charge in [-0.3, -0.25) is 0 Å². The predicted octanol–water partition coefficient (Wildman–Crippen LogP) is 3.87. The van der Waals surface area contributed by atoms with Crippen LogP contribution in [-0.2, 0) is 16.2 Å². The fraction of sp³-hybridized carbons (Fsp3) is 0.400. The van der Waals surface area contributed by atoms with E-state index in [4.69, 9.17) is 34.8 Å². The smallest absolute Gasteiger partial charge is 0.207 e. The molecule has 0 fully saturated rings. The molecule has 0 aromatic heterocycles. The molecule has 0 saturated carbocycles. The van der Waals surface area contributed by atoms with Crippen LogP contribution in [0, 0.1) is 0 Å². The molecule has 20 heavy (non-hydrogen) atoms.